The summed E-state index contributed by atoms with van der Waals surface area (Å²) in [5.74, 6) is 0.733. The number of amides is 1. The normalized spacial score (nSPS) is 10.9. The first-order valence-corrected chi connectivity index (χ1v) is 6.82. The highest BCUT2D eigenvalue weighted by atomic mass is 16.2. The molecule has 1 amide bonds. The van der Waals surface area contributed by atoms with E-state index in [-0.39, 0.29) is 5.91 Å². The second-order valence-electron chi connectivity index (χ2n) is 5.13. The lowest BCUT2D eigenvalue weighted by Gasteiger charge is -2.31. The van der Waals surface area contributed by atoms with E-state index in [1.807, 2.05) is 24.2 Å². The number of carbonyl (C=O) groups excluding carboxylic acids is 1. The fraction of sp³-hybridized carbons (Fsp3) is 0.333. The van der Waals surface area contributed by atoms with Gasteiger partial charge in [-0.2, -0.15) is 0 Å². The first-order chi connectivity index (χ1) is 10.1. The molecule has 0 saturated carbocycles. The minimum absolute atomic E-state index is 0.245. The van der Waals surface area contributed by atoms with Gasteiger partial charge in [-0.15, -0.1) is 0 Å². The topological polar surface area (TPSA) is 62.2 Å². The van der Waals surface area contributed by atoms with Crippen LogP contribution in [0, 0.1) is 5.92 Å². The minimum atomic E-state index is -0.245. The van der Waals surface area contributed by atoms with E-state index in [0.29, 0.717) is 17.4 Å². The third kappa shape index (κ3) is 3.82. The van der Waals surface area contributed by atoms with Gasteiger partial charge in [0, 0.05) is 32.2 Å². The number of hydrogen-bond donors (Lipinski definition) is 0. The molecule has 0 saturated heterocycles. The standard InChI is InChI=1S/C15H19N5O/c1-12(2)11-19(3)20(14-6-4-5-7-18-14)15(21)13-10-16-8-9-17-13/h4-10,12H,11H2,1-3H3. The number of nitrogens with zero attached hydrogens (tertiary/aromatic N) is 5. The van der Waals surface area contributed by atoms with E-state index in [1.54, 1.807) is 18.5 Å². The van der Waals surface area contributed by atoms with Crippen molar-refractivity contribution < 1.29 is 4.79 Å². The van der Waals surface area contributed by atoms with Crippen LogP contribution >= 0.6 is 0 Å². The molecule has 0 spiro atoms. The predicted molar refractivity (Wildman–Crippen MR) is 80.5 cm³/mol. The lowest BCUT2D eigenvalue weighted by atomic mass is 10.2. The maximum Gasteiger partial charge on any atom is 0.294 e. The summed E-state index contributed by atoms with van der Waals surface area (Å²) >= 11 is 0. The van der Waals surface area contributed by atoms with Crippen LogP contribution in [0.1, 0.15) is 24.3 Å². The van der Waals surface area contributed by atoms with E-state index < -0.39 is 0 Å². The molecule has 6 heteroatoms. The molecule has 110 valence electrons. The fourth-order valence-electron chi connectivity index (χ4n) is 2.04. The monoisotopic (exact) mass is 285 g/mol. The Kier molecular flexibility index (Phi) is 4.94. The molecule has 2 aromatic heterocycles. The maximum absolute atomic E-state index is 12.7. The molecule has 0 atom stereocenters. The van der Waals surface area contributed by atoms with Crippen LogP contribution in [0.25, 0.3) is 0 Å². The summed E-state index contributed by atoms with van der Waals surface area (Å²) in [5.41, 5.74) is 0.291. The maximum atomic E-state index is 12.7. The number of anilines is 1. The molecular formula is C15H19N5O. The second-order valence-corrected chi connectivity index (χ2v) is 5.13. The molecular weight excluding hydrogens is 266 g/mol. The highest BCUT2D eigenvalue weighted by Crippen LogP contribution is 2.15. The van der Waals surface area contributed by atoms with Crippen LogP contribution in [0.5, 0.6) is 0 Å². The Morgan fingerprint density at radius 1 is 1.19 bits per heavy atom. The average molecular weight is 285 g/mol. The molecule has 0 N–H and O–H groups in total. The van der Waals surface area contributed by atoms with Gasteiger partial charge in [-0.05, 0) is 18.1 Å². The molecule has 0 aliphatic carbocycles. The summed E-state index contributed by atoms with van der Waals surface area (Å²) in [4.78, 5) is 25.0. The quantitative estimate of drug-likeness (QED) is 0.786. The number of aromatic nitrogens is 3. The molecule has 0 aliphatic rings. The van der Waals surface area contributed by atoms with Crippen molar-refractivity contribution in [3.8, 4) is 0 Å². The van der Waals surface area contributed by atoms with Gasteiger partial charge in [-0.25, -0.2) is 20.0 Å². The van der Waals surface area contributed by atoms with Crippen LogP contribution in [0.2, 0.25) is 0 Å². The van der Waals surface area contributed by atoms with Crippen LogP contribution < -0.4 is 5.01 Å². The van der Waals surface area contributed by atoms with Gasteiger partial charge in [-0.1, -0.05) is 19.9 Å². The van der Waals surface area contributed by atoms with E-state index in [9.17, 15) is 4.79 Å². The Hall–Kier alpha value is -2.34. The van der Waals surface area contributed by atoms with Gasteiger partial charge >= 0.3 is 0 Å². The fourth-order valence-corrected chi connectivity index (χ4v) is 2.04. The van der Waals surface area contributed by atoms with Gasteiger partial charge in [0.15, 0.2) is 5.82 Å². The van der Waals surface area contributed by atoms with Crippen LogP contribution in [0.4, 0.5) is 5.82 Å². The van der Waals surface area contributed by atoms with E-state index >= 15 is 0 Å². The van der Waals surface area contributed by atoms with Gasteiger partial charge in [0.05, 0.1) is 6.20 Å². The molecule has 2 aromatic rings. The van der Waals surface area contributed by atoms with Gasteiger partial charge in [0.2, 0.25) is 0 Å². The van der Waals surface area contributed by atoms with E-state index in [4.69, 9.17) is 0 Å². The van der Waals surface area contributed by atoms with Gasteiger partial charge < -0.3 is 0 Å². The molecule has 2 rings (SSSR count). The van der Waals surface area contributed by atoms with E-state index in [1.165, 1.54) is 17.4 Å². The van der Waals surface area contributed by atoms with E-state index in [0.717, 1.165) is 6.54 Å². The summed E-state index contributed by atoms with van der Waals surface area (Å²) in [7, 11) is 1.86. The summed E-state index contributed by atoms with van der Waals surface area (Å²) < 4.78 is 0. The first-order valence-electron chi connectivity index (χ1n) is 6.82. The molecule has 6 nitrogen and oxygen atoms in total. The molecule has 0 bridgehead atoms. The number of pyridine rings is 1. The van der Waals surface area contributed by atoms with Gasteiger partial charge in [0.1, 0.15) is 5.69 Å². The number of hydrogen-bond acceptors (Lipinski definition) is 5. The van der Waals surface area contributed by atoms with Crippen molar-refractivity contribution in [2.24, 2.45) is 5.92 Å². The molecule has 0 unspecified atom stereocenters. The average Bonchev–Trinajstić information content (AvgIpc) is 2.48. The first kappa shape index (κ1) is 15.1. The molecule has 0 fully saturated rings. The lowest BCUT2D eigenvalue weighted by molar-refractivity contribution is 0.0899. The van der Waals surface area contributed by atoms with Crippen molar-refractivity contribution in [2.45, 2.75) is 13.8 Å². The van der Waals surface area contributed by atoms with Crippen molar-refractivity contribution >= 4 is 11.7 Å². The van der Waals surface area contributed by atoms with Crippen molar-refractivity contribution in [1.29, 1.82) is 0 Å². The zero-order chi connectivity index (χ0) is 15.2. The largest absolute Gasteiger partial charge is 0.294 e. The van der Waals surface area contributed by atoms with Crippen LogP contribution in [0.3, 0.4) is 0 Å². The Labute approximate surface area is 124 Å². The highest BCUT2D eigenvalue weighted by molar-refractivity contribution is 6.03. The third-order valence-electron chi connectivity index (χ3n) is 2.81. The van der Waals surface area contributed by atoms with Gasteiger partial charge in [-0.3, -0.25) is 9.78 Å². The molecule has 2 heterocycles. The number of carbonyl (C=O) groups is 1. The van der Waals surface area contributed by atoms with Crippen molar-refractivity contribution in [2.75, 3.05) is 18.6 Å². The zero-order valence-corrected chi connectivity index (χ0v) is 12.5. The van der Waals surface area contributed by atoms with Gasteiger partial charge in [0.25, 0.3) is 5.91 Å². The van der Waals surface area contributed by atoms with Crippen LogP contribution in [-0.4, -0.2) is 39.5 Å². The molecule has 0 radical (unpaired) electrons. The van der Waals surface area contributed by atoms with Crippen molar-refractivity contribution in [3.05, 3.63) is 48.7 Å². The number of hydrazine groups is 1. The second kappa shape index (κ2) is 6.90. The summed E-state index contributed by atoms with van der Waals surface area (Å²) in [6.45, 7) is 4.92. The summed E-state index contributed by atoms with van der Waals surface area (Å²) in [5, 5.41) is 3.38. The lowest BCUT2D eigenvalue weighted by Crippen LogP contribution is -2.46. The van der Waals surface area contributed by atoms with Crippen molar-refractivity contribution in [1.82, 2.24) is 20.0 Å². The highest BCUT2D eigenvalue weighted by Gasteiger charge is 2.24. The van der Waals surface area contributed by atoms with Crippen LogP contribution in [-0.2, 0) is 0 Å². The molecule has 0 aliphatic heterocycles. The van der Waals surface area contributed by atoms with E-state index in [2.05, 4.69) is 28.8 Å². The Balaban J connectivity index is 2.34. The number of rotatable bonds is 5. The zero-order valence-electron chi connectivity index (χ0n) is 12.5. The Morgan fingerprint density at radius 3 is 2.57 bits per heavy atom. The Morgan fingerprint density at radius 2 is 2.00 bits per heavy atom. The smallest absolute Gasteiger partial charge is 0.265 e. The third-order valence-corrected chi connectivity index (χ3v) is 2.81. The molecule has 21 heavy (non-hydrogen) atoms. The molecule has 0 aromatic carbocycles. The SMILES string of the molecule is CC(C)CN(C)N(C(=O)c1cnccn1)c1ccccn1. The Bertz CT molecular complexity index is 573. The predicted octanol–water partition coefficient (Wildman–Crippen LogP) is 2.02. The summed E-state index contributed by atoms with van der Waals surface area (Å²) in [6.07, 6.45) is 6.17. The van der Waals surface area contributed by atoms with Crippen molar-refractivity contribution in [3.63, 3.8) is 0 Å². The van der Waals surface area contributed by atoms with Crippen LogP contribution in [0.15, 0.2) is 43.0 Å². The summed E-state index contributed by atoms with van der Waals surface area (Å²) in [6, 6.07) is 5.46. The minimum Gasteiger partial charge on any atom is -0.265 e.